The first-order valence-corrected chi connectivity index (χ1v) is 5.78. The first-order valence-electron chi connectivity index (χ1n) is 4.75. The molecule has 3 amide bonds. The summed E-state index contributed by atoms with van der Waals surface area (Å²) < 4.78 is 23.2. The Hall–Kier alpha value is -2.42. The van der Waals surface area contributed by atoms with Crippen LogP contribution in [0.1, 0.15) is 11.6 Å². The molecule has 0 spiro atoms. The standard InChI is InChI=1S/C9H7N3O5S/c13-8-7(10-9(14)12-18(15)16)5-3-1-2-4-6(5)17-11-8/h1-4,7H,(H,10,14)(H,11,13). The molecule has 0 radical (unpaired) electrons. The van der Waals surface area contributed by atoms with E-state index >= 15 is 0 Å². The molecule has 0 saturated heterocycles. The number of hydroxylamine groups is 1. The third-order valence-electron chi connectivity index (χ3n) is 2.18. The summed E-state index contributed by atoms with van der Waals surface area (Å²) in [4.78, 5) is 27.6. The fraction of sp³-hybridized carbons (Fsp3) is 0.111. The highest BCUT2D eigenvalue weighted by Crippen LogP contribution is 2.27. The van der Waals surface area contributed by atoms with Crippen molar-refractivity contribution in [2.24, 2.45) is 4.36 Å². The predicted octanol–water partition coefficient (Wildman–Crippen LogP) is -0.0764. The summed E-state index contributed by atoms with van der Waals surface area (Å²) in [6.45, 7) is 0. The van der Waals surface area contributed by atoms with Crippen molar-refractivity contribution < 1.29 is 22.8 Å². The van der Waals surface area contributed by atoms with Gasteiger partial charge in [-0.15, -0.1) is 0 Å². The Bertz CT molecular complexity index is 631. The number of nitrogens with one attached hydrogen (secondary N) is 2. The van der Waals surface area contributed by atoms with E-state index in [1.165, 1.54) is 0 Å². The number of para-hydroxylation sites is 1. The third kappa shape index (κ3) is 2.46. The second kappa shape index (κ2) is 4.84. The number of benzene rings is 1. The van der Waals surface area contributed by atoms with Gasteiger partial charge in [0, 0.05) is 5.56 Å². The molecule has 1 heterocycles. The van der Waals surface area contributed by atoms with E-state index in [0.29, 0.717) is 11.3 Å². The molecule has 1 aromatic carbocycles. The predicted molar refractivity (Wildman–Crippen MR) is 57.8 cm³/mol. The average Bonchev–Trinajstić information content (AvgIpc) is 2.32. The maximum absolute atomic E-state index is 11.5. The smallest absolute Gasteiger partial charge is 0.356 e. The van der Waals surface area contributed by atoms with E-state index in [0.717, 1.165) is 0 Å². The summed E-state index contributed by atoms with van der Waals surface area (Å²) in [6.07, 6.45) is 0. The minimum Gasteiger partial charge on any atom is -0.379 e. The molecule has 9 heteroatoms. The van der Waals surface area contributed by atoms with Crippen molar-refractivity contribution in [1.29, 1.82) is 0 Å². The van der Waals surface area contributed by atoms with Gasteiger partial charge < -0.3 is 10.2 Å². The van der Waals surface area contributed by atoms with E-state index in [2.05, 4.69) is 15.2 Å². The molecule has 1 aliphatic heterocycles. The highest BCUT2D eigenvalue weighted by Gasteiger charge is 2.30. The molecular weight excluding hydrogens is 262 g/mol. The lowest BCUT2D eigenvalue weighted by Gasteiger charge is -2.24. The van der Waals surface area contributed by atoms with Crippen LogP contribution in [0, 0.1) is 0 Å². The van der Waals surface area contributed by atoms with Crippen molar-refractivity contribution in [3.63, 3.8) is 0 Å². The molecule has 2 rings (SSSR count). The van der Waals surface area contributed by atoms with Crippen molar-refractivity contribution in [2.75, 3.05) is 0 Å². The van der Waals surface area contributed by atoms with Crippen molar-refractivity contribution in [2.45, 2.75) is 6.04 Å². The van der Waals surface area contributed by atoms with Crippen molar-refractivity contribution in [3.05, 3.63) is 29.8 Å². The van der Waals surface area contributed by atoms with Crippen LogP contribution in [-0.4, -0.2) is 20.4 Å². The summed E-state index contributed by atoms with van der Waals surface area (Å²) in [5.74, 6) is -0.250. The minimum absolute atomic E-state index is 0.366. The molecule has 0 fully saturated rings. The van der Waals surface area contributed by atoms with Gasteiger partial charge in [-0.25, -0.2) is 4.79 Å². The number of carbonyl (C=O) groups excluding carboxylic acids is 2. The second-order valence-electron chi connectivity index (χ2n) is 3.30. The van der Waals surface area contributed by atoms with Crippen molar-refractivity contribution in [3.8, 4) is 5.75 Å². The topological polar surface area (TPSA) is 114 Å². The number of hydrogen-bond donors (Lipinski definition) is 2. The molecule has 94 valence electrons. The van der Waals surface area contributed by atoms with Crippen LogP contribution in [0.15, 0.2) is 28.6 Å². The normalized spacial score (nSPS) is 16.9. The minimum atomic E-state index is -2.87. The average molecular weight is 269 g/mol. The molecule has 2 N–H and O–H groups in total. The van der Waals surface area contributed by atoms with Crippen LogP contribution in [0.5, 0.6) is 5.75 Å². The number of nitrogens with zero attached hydrogens (tertiary/aromatic N) is 1. The molecule has 0 aromatic heterocycles. The van der Waals surface area contributed by atoms with Crippen LogP contribution in [0.2, 0.25) is 0 Å². The Kier molecular flexibility index (Phi) is 3.24. The van der Waals surface area contributed by atoms with Crippen LogP contribution >= 0.6 is 0 Å². The lowest BCUT2D eigenvalue weighted by molar-refractivity contribution is -0.131. The second-order valence-corrected chi connectivity index (χ2v) is 3.91. The Labute approximate surface area is 103 Å². The number of amides is 3. The fourth-order valence-corrected chi connectivity index (χ4v) is 1.67. The Morgan fingerprint density at radius 3 is 2.83 bits per heavy atom. The number of rotatable bonds is 1. The molecule has 1 aliphatic rings. The van der Waals surface area contributed by atoms with Gasteiger partial charge in [0.25, 0.3) is 5.91 Å². The van der Waals surface area contributed by atoms with E-state index in [1.54, 1.807) is 24.3 Å². The SMILES string of the molecule is O=C(N=S(=O)=O)NC1C(=O)NOc2ccccc21. The van der Waals surface area contributed by atoms with Gasteiger partial charge >= 0.3 is 16.5 Å². The first kappa shape index (κ1) is 12.0. The van der Waals surface area contributed by atoms with Crippen LogP contribution in [-0.2, 0) is 15.3 Å². The van der Waals surface area contributed by atoms with E-state index < -0.39 is 28.5 Å². The van der Waals surface area contributed by atoms with Crippen LogP contribution in [0.25, 0.3) is 0 Å². The molecule has 1 unspecified atom stereocenters. The van der Waals surface area contributed by atoms with E-state index in [-0.39, 0.29) is 0 Å². The molecule has 0 bridgehead atoms. The summed E-state index contributed by atoms with van der Waals surface area (Å²) in [7, 11) is -2.87. The van der Waals surface area contributed by atoms with Gasteiger partial charge in [-0.1, -0.05) is 22.6 Å². The monoisotopic (exact) mass is 269 g/mol. The zero-order chi connectivity index (χ0) is 13.1. The lowest BCUT2D eigenvalue weighted by Crippen LogP contribution is -2.44. The van der Waals surface area contributed by atoms with E-state index in [4.69, 9.17) is 4.84 Å². The van der Waals surface area contributed by atoms with Crippen molar-refractivity contribution in [1.82, 2.24) is 10.8 Å². The van der Waals surface area contributed by atoms with Gasteiger partial charge in [-0.2, -0.15) is 13.9 Å². The molecule has 1 atom stereocenters. The van der Waals surface area contributed by atoms with Crippen LogP contribution in [0.4, 0.5) is 4.79 Å². The molecule has 18 heavy (non-hydrogen) atoms. The molecular formula is C9H7N3O5S. The fourth-order valence-electron chi connectivity index (χ4n) is 1.48. The third-order valence-corrected chi connectivity index (χ3v) is 2.49. The highest BCUT2D eigenvalue weighted by molar-refractivity contribution is 7.62. The van der Waals surface area contributed by atoms with E-state index in [1.807, 2.05) is 0 Å². The van der Waals surface area contributed by atoms with Gasteiger partial charge in [0.1, 0.15) is 6.04 Å². The largest absolute Gasteiger partial charge is 0.379 e. The van der Waals surface area contributed by atoms with E-state index in [9.17, 15) is 18.0 Å². The quantitative estimate of drug-likeness (QED) is 0.740. The summed E-state index contributed by atoms with van der Waals surface area (Å²) in [5.41, 5.74) is 2.52. The number of carbonyl (C=O) groups is 2. The first-order chi connectivity index (χ1) is 8.58. The molecule has 0 aliphatic carbocycles. The molecule has 1 aromatic rings. The highest BCUT2D eigenvalue weighted by atomic mass is 32.2. The van der Waals surface area contributed by atoms with Gasteiger partial charge in [0.2, 0.25) is 0 Å². The Morgan fingerprint density at radius 2 is 2.11 bits per heavy atom. The van der Waals surface area contributed by atoms with Gasteiger partial charge in [-0.05, 0) is 6.07 Å². The number of urea groups is 1. The molecule has 0 saturated carbocycles. The maximum atomic E-state index is 11.5. The summed E-state index contributed by atoms with van der Waals surface area (Å²) in [6, 6.07) is 4.34. The van der Waals surface area contributed by atoms with Crippen LogP contribution < -0.4 is 15.6 Å². The summed E-state index contributed by atoms with van der Waals surface area (Å²) >= 11 is 0. The number of fused-ring (bicyclic) bond motifs is 1. The Balaban J connectivity index is 2.30. The van der Waals surface area contributed by atoms with Crippen LogP contribution in [0.3, 0.4) is 0 Å². The van der Waals surface area contributed by atoms with Crippen molar-refractivity contribution >= 4 is 22.4 Å². The number of hydrogen-bond acceptors (Lipinski definition) is 5. The molecule has 8 nitrogen and oxygen atoms in total. The van der Waals surface area contributed by atoms with Gasteiger partial charge in [-0.3, -0.25) is 4.79 Å². The Morgan fingerprint density at radius 1 is 1.39 bits per heavy atom. The summed E-state index contributed by atoms with van der Waals surface area (Å²) in [5, 5.41) is 2.17. The van der Waals surface area contributed by atoms with Gasteiger partial charge in [0.05, 0.1) is 0 Å². The zero-order valence-electron chi connectivity index (χ0n) is 8.78. The van der Waals surface area contributed by atoms with Gasteiger partial charge in [0.15, 0.2) is 5.75 Å². The maximum Gasteiger partial charge on any atom is 0.356 e. The zero-order valence-corrected chi connectivity index (χ0v) is 9.60. The lowest BCUT2D eigenvalue weighted by atomic mass is 10.0.